The highest BCUT2D eigenvalue weighted by molar-refractivity contribution is 6.13. The van der Waals surface area contributed by atoms with Crippen molar-refractivity contribution in [3.63, 3.8) is 0 Å². The maximum absolute atomic E-state index is 13.1. The molecule has 0 unspecified atom stereocenters. The quantitative estimate of drug-likeness (QED) is 0.371. The number of nitrogens with zero attached hydrogens (tertiary/aromatic N) is 2. The molecule has 1 N–H and O–H groups in total. The van der Waals surface area contributed by atoms with Crippen molar-refractivity contribution >= 4 is 18.0 Å². The minimum Gasteiger partial charge on any atom is -0.317 e. The summed E-state index contributed by atoms with van der Waals surface area (Å²) in [5.41, 5.74) is 0.420. The van der Waals surface area contributed by atoms with Crippen LogP contribution in [0.5, 0.6) is 0 Å². The van der Waals surface area contributed by atoms with Crippen LogP contribution < -0.4 is 5.32 Å². The third-order valence-electron chi connectivity index (χ3n) is 4.74. The normalized spacial score (nSPS) is 15.6. The summed E-state index contributed by atoms with van der Waals surface area (Å²) in [5.74, 6) is -1.02. The number of carbonyl (C=O) groups is 2. The number of amides is 3. The number of hydrogen-bond acceptors (Lipinski definition) is 2. The van der Waals surface area contributed by atoms with Crippen LogP contribution in [0.25, 0.3) is 11.8 Å². The van der Waals surface area contributed by atoms with Gasteiger partial charge in [0.25, 0.3) is 5.91 Å². The first-order valence-electron chi connectivity index (χ1n) is 9.16. The van der Waals surface area contributed by atoms with Gasteiger partial charge in [0.15, 0.2) is 0 Å². The Hall–Kier alpha value is -3.88. The topological polar surface area (TPSA) is 54.3 Å². The van der Waals surface area contributed by atoms with Gasteiger partial charge in [-0.25, -0.2) is 9.18 Å². The highest BCUT2D eigenvalue weighted by atomic mass is 19.4. The molecule has 0 radical (unpaired) electrons. The number of imide groups is 1. The number of urea groups is 1. The second kappa shape index (κ2) is 7.75. The molecule has 1 aromatic heterocycles. The van der Waals surface area contributed by atoms with Gasteiger partial charge in [0.05, 0.1) is 12.1 Å². The average molecular weight is 429 g/mol. The molecule has 0 bridgehead atoms. The van der Waals surface area contributed by atoms with E-state index in [1.807, 2.05) is 0 Å². The molecule has 0 aliphatic carbocycles. The Morgan fingerprint density at radius 3 is 2.42 bits per heavy atom. The van der Waals surface area contributed by atoms with E-state index in [1.165, 1.54) is 47.0 Å². The Kier molecular flexibility index (Phi) is 5.10. The van der Waals surface area contributed by atoms with Crippen molar-refractivity contribution in [1.82, 2.24) is 14.8 Å². The summed E-state index contributed by atoms with van der Waals surface area (Å²) in [6.45, 7) is -0.0447. The van der Waals surface area contributed by atoms with Crippen molar-refractivity contribution in [3.8, 4) is 5.69 Å². The zero-order valence-electron chi connectivity index (χ0n) is 15.9. The van der Waals surface area contributed by atoms with Crippen molar-refractivity contribution in [2.75, 3.05) is 0 Å². The Labute approximate surface area is 174 Å². The van der Waals surface area contributed by atoms with Crippen LogP contribution in [0.1, 0.15) is 16.8 Å². The molecule has 31 heavy (non-hydrogen) atoms. The minimum absolute atomic E-state index is 0.0148. The van der Waals surface area contributed by atoms with Crippen molar-refractivity contribution in [2.24, 2.45) is 0 Å². The number of halogens is 4. The molecule has 1 saturated heterocycles. The first-order valence-corrected chi connectivity index (χ1v) is 9.16. The van der Waals surface area contributed by atoms with Crippen molar-refractivity contribution < 1.29 is 27.2 Å². The number of hydrogen-bond donors (Lipinski definition) is 1. The van der Waals surface area contributed by atoms with E-state index in [-0.39, 0.29) is 17.9 Å². The molecule has 2 aromatic carbocycles. The largest absolute Gasteiger partial charge is 0.416 e. The molecule has 4 rings (SSSR count). The first kappa shape index (κ1) is 20.4. The van der Waals surface area contributed by atoms with E-state index in [2.05, 4.69) is 5.32 Å². The maximum atomic E-state index is 13.1. The lowest BCUT2D eigenvalue weighted by Gasteiger charge is -2.12. The fourth-order valence-corrected chi connectivity index (χ4v) is 3.21. The van der Waals surface area contributed by atoms with Gasteiger partial charge in [-0.2, -0.15) is 13.2 Å². The van der Waals surface area contributed by atoms with E-state index in [0.29, 0.717) is 11.3 Å². The van der Waals surface area contributed by atoms with Crippen LogP contribution in [0.4, 0.5) is 22.4 Å². The highest BCUT2D eigenvalue weighted by Crippen LogP contribution is 2.31. The summed E-state index contributed by atoms with van der Waals surface area (Å²) in [4.78, 5) is 25.9. The summed E-state index contributed by atoms with van der Waals surface area (Å²) in [5, 5.41) is 2.47. The molecule has 0 spiro atoms. The zero-order valence-corrected chi connectivity index (χ0v) is 15.9. The van der Waals surface area contributed by atoms with Gasteiger partial charge >= 0.3 is 12.2 Å². The fourth-order valence-electron chi connectivity index (χ4n) is 3.21. The highest BCUT2D eigenvalue weighted by Gasteiger charge is 2.34. The molecule has 2 heterocycles. The molecule has 1 aliphatic heterocycles. The molecule has 1 aliphatic rings. The second-order valence-corrected chi connectivity index (χ2v) is 6.86. The van der Waals surface area contributed by atoms with Crippen LogP contribution in [0.3, 0.4) is 0 Å². The fraction of sp³-hybridized carbons (Fsp3) is 0.0909. The van der Waals surface area contributed by atoms with Crippen LogP contribution in [0.15, 0.2) is 72.6 Å². The average Bonchev–Trinajstić information content (AvgIpc) is 3.29. The van der Waals surface area contributed by atoms with Gasteiger partial charge in [-0.1, -0.05) is 18.2 Å². The summed E-state index contributed by atoms with van der Waals surface area (Å²) >= 11 is 0. The molecule has 3 aromatic rings. The number of aromatic nitrogens is 1. The molecule has 5 nitrogen and oxygen atoms in total. The summed E-state index contributed by atoms with van der Waals surface area (Å²) in [6, 6.07) is 12.7. The Balaban J connectivity index is 1.61. The standard InChI is InChI=1S/C22H15F4N3O2/c23-16-8-6-14(7-9-16)13-29-20(30)19(27-21(29)31)12-18-5-2-10-28(18)17-4-1-3-15(11-17)22(24,25)26/h1-12H,13H2,(H,27,31)/b19-12+. The van der Waals surface area contributed by atoms with Gasteiger partial charge < -0.3 is 9.88 Å². The van der Waals surface area contributed by atoms with E-state index in [0.717, 1.165) is 17.0 Å². The van der Waals surface area contributed by atoms with Crippen molar-refractivity contribution in [2.45, 2.75) is 12.7 Å². The number of benzene rings is 2. The molecule has 9 heteroatoms. The first-order chi connectivity index (χ1) is 14.7. The van der Waals surface area contributed by atoms with E-state index in [9.17, 15) is 27.2 Å². The van der Waals surface area contributed by atoms with Crippen LogP contribution >= 0.6 is 0 Å². The SMILES string of the molecule is O=C1N/C(=C/c2cccn2-c2cccc(C(F)(F)F)c2)C(=O)N1Cc1ccc(F)cc1. The predicted molar refractivity (Wildman–Crippen MR) is 104 cm³/mol. The van der Waals surface area contributed by atoms with Gasteiger partial charge in [-0.15, -0.1) is 0 Å². The number of rotatable bonds is 4. The van der Waals surface area contributed by atoms with Gasteiger partial charge in [0, 0.05) is 17.6 Å². The molecular weight excluding hydrogens is 414 g/mol. The molecule has 158 valence electrons. The van der Waals surface area contributed by atoms with E-state index >= 15 is 0 Å². The smallest absolute Gasteiger partial charge is 0.317 e. The number of alkyl halides is 3. The third kappa shape index (κ3) is 4.20. The van der Waals surface area contributed by atoms with E-state index in [1.54, 1.807) is 18.3 Å². The molecule has 0 saturated carbocycles. The van der Waals surface area contributed by atoms with E-state index < -0.39 is 29.5 Å². The molecule has 0 atom stereocenters. The van der Waals surface area contributed by atoms with Crippen LogP contribution in [0.2, 0.25) is 0 Å². The van der Waals surface area contributed by atoms with Gasteiger partial charge in [0.1, 0.15) is 11.5 Å². The monoisotopic (exact) mass is 429 g/mol. The van der Waals surface area contributed by atoms with Crippen LogP contribution in [-0.4, -0.2) is 21.4 Å². The predicted octanol–water partition coefficient (Wildman–Crippen LogP) is 4.73. The van der Waals surface area contributed by atoms with Crippen LogP contribution in [0, 0.1) is 5.82 Å². The minimum atomic E-state index is -4.49. The summed E-state index contributed by atoms with van der Waals surface area (Å²) < 4.78 is 53.6. The van der Waals surface area contributed by atoms with E-state index in [4.69, 9.17) is 0 Å². The lowest BCUT2D eigenvalue weighted by molar-refractivity contribution is -0.137. The lowest BCUT2D eigenvalue weighted by atomic mass is 10.2. The lowest BCUT2D eigenvalue weighted by Crippen LogP contribution is -2.30. The van der Waals surface area contributed by atoms with Gasteiger partial charge in [-0.05, 0) is 54.1 Å². The zero-order chi connectivity index (χ0) is 22.2. The molecule has 3 amide bonds. The summed E-state index contributed by atoms with van der Waals surface area (Å²) in [7, 11) is 0. The number of nitrogens with one attached hydrogen (secondary N) is 1. The summed E-state index contributed by atoms with van der Waals surface area (Å²) in [6.07, 6.45) is -1.54. The molecular formula is C22H15F4N3O2. The van der Waals surface area contributed by atoms with Gasteiger partial charge in [-0.3, -0.25) is 9.69 Å². The molecule has 1 fully saturated rings. The van der Waals surface area contributed by atoms with Crippen LogP contribution in [-0.2, 0) is 17.5 Å². The Bertz CT molecular complexity index is 1180. The maximum Gasteiger partial charge on any atom is 0.416 e. The third-order valence-corrected chi connectivity index (χ3v) is 4.74. The Morgan fingerprint density at radius 1 is 0.968 bits per heavy atom. The van der Waals surface area contributed by atoms with Crippen molar-refractivity contribution in [1.29, 1.82) is 0 Å². The number of carbonyl (C=O) groups excluding carboxylic acids is 2. The van der Waals surface area contributed by atoms with Crippen molar-refractivity contribution in [3.05, 3.63) is 95.2 Å². The Morgan fingerprint density at radius 2 is 1.71 bits per heavy atom. The second-order valence-electron chi connectivity index (χ2n) is 6.86. The van der Waals surface area contributed by atoms with Gasteiger partial charge in [0.2, 0.25) is 0 Å².